The molecule has 120 valence electrons. The smallest absolute Gasteiger partial charge is 0.135 e. The van der Waals surface area contributed by atoms with Crippen LogP contribution in [0, 0.1) is 0 Å². The van der Waals surface area contributed by atoms with Crippen LogP contribution >= 0.6 is 44.3 Å². The van der Waals surface area contributed by atoms with Crippen molar-refractivity contribution >= 4 is 44.3 Å². The standard InChI is InChI=1S/C17H14Br2N2O.ClH/c18-13-3-5-15(16(19)8-13)17-6-4-14(22-17)11-21-10-12-2-1-7-20-9-12;/h1-9,21H,10-11H2;1H. The number of benzene rings is 1. The zero-order valence-corrected chi connectivity index (χ0v) is 16.1. The van der Waals surface area contributed by atoms with E-state index in [0.717, 1.165) is 38.1 Å². The quantitative estimate of drug-likeness (QED) is 0.543. The molecule has 2 aromatic heterocycles. The first-order valence-electron chi connectivity index (χ1n) is 6.86. The minimum atomic E-state index is 0. The van der Waals surface area contributed by atoms with Crippen LogP contribution in [0.15, 0.2) is 68.2 Å². The van der Waals surface area contributed by atoms with Gasteiger partial charge in [0, 0.05) is 33.4 Å². The molecule has 3 rings (SSSR count). The molecule has 1 N–H and O–H groups in total. The van der Waals surface area contributed by atoms with Gasteiger partial charge in [-0.2, -0.15) is 0 Å². The second-order valence-corrected chi connectivity index (χ2v) is 6.62. The highest BCUT2D eigenvalue weighted by molar-refractivity contribution is 9.11. The topological polar surface area (TPSA) is 38.1 Å². The van der Waals surface area contributed by atoms with Crippen molar-refractivity contribution in [3.63, 3.8) is 0 Å². The van der Waals surface area contributed by atoms with E-state index in [1.807, 2.05) is 48.7 Å². The molecule has 0 spiro atoms. The summed E-state index contributed by atoms with van der Waals surface area (Å²) in [5.41, 5.74) is 2.20. The van der Waals surface area contributed by atoms with Crippen molar-refractivity contribution in [2.24, 2.45) is 0 Å². The molecule has 2 heterocycles. The number of nitrogens with one attached hydrogen (secondary N) is 1. The van der Waals surface area contributed by atoms with Crippen molar-refractivity contribution in [2.75, 3.05) is 0 Å². The van der Waals surface area contributed by atoms with Crippen LogP contribution in [0.4, 0.5) is 0 Å². The summed E-state index contributed by atoms with van der Waals surface area (Å²) in [4.78, 5) is 4.10. The highest BCUT2D eigenvalue weighted by atomic mass is 79.9. The Labute approximate surface area is 158 Å². The fourth-order valence-electron chi connectivity index (χ4n) is 2.14. The fourth-order valence-corrected chi connectivity index (χ4v) is 3.38. The minimum Gasteiger partial charge on any atom is -0.460 e. The van der Waals surface area contributed by atoms with Crippen LogP contribution in [-0.4, -0.2) is 4.98 Å². The Morgan fingerprint density at radius 2 is 1.91 bits per heavy atom. The number of aromatic nitrogens is 1. The molecular formula is C17H15Br2ClN2O. The number of furan rings is 1. The van der Waals surface area contributed by atoms with Gasteiger partial charge in [0.2, 0.25) is 0 Å². The molecule has 0 radical (unpaired) electrons. The predicted molar refractivity (Wildman–Crippen MR) is 102 cm³/mol. The lowest BCUT2D eigenvalue weighted by Crippen LogP contribution is -2.12. The summed E-state index contributed by atoms with van der Waals surface area (Å²) in [6.45, 7) is 1.45. The van der Waals surface area contributed by atoms with Crippen LogP contribution in [0.25, 0.3) is 11.3 Å². The Hall–Kier alpha value is -1.14. The van der Waals surface area contributed by atoms with Crippen LogP contribution in [0.5, 0.6) is 0 Å². The largest absolute Gasteiger partial charge is 0.460 e. The highest BCUT2D eigenvalue weighted by Crippen LogP contribution is 2.31. The monoisotopic (exact) mass is 456 g/mol. The molecule has 23 heavy (non-hydrogen) atoms. The summed E-state index contributed by atoms with van der Waals surface area (Å²) in [7, 11) is 0. The molecule has 1 aromatic carbocycles. The molecule has 0 amide bonds. The summed E-state index contributed by atoms with van der Waals surface area (Å²) in [6, 6.07) is 14.0. The van der Waals surface area contributed by atoms with Gasteiger partial charge in [0.15, 0.2) is 0 Å². The van der Waals surface area contributed by atoms with Crippen LogP contribution in [0.3, 0.4) is 0 Å². The number of halogens is 3. The Bertz CT molecular complexity index is 762. The normalized spacial score (nSPS) is 10.3. The van der Waals surface area contributed by atoms with Crippen molar-refractivity contribution in [1.82, 2.24) is 10.3 Å². The molecule has 0 bridgehead atoms. The number of hydrogen-bond donors (Lipinski definition) is 1. The SMILES string of the molecule is Brc1ccc(-c2ccc(CNCc3cccnc3)o2)c(Br)c1.Cl. The molecule has 0 unspecified atom stereocenters. The molecular weight excluding hydrogens is 443 g/mol. The molecule has 0 aliphatic rings. The van der Waals surface area contributed by atoms with Gasteiger partial charge in [-0.1, -0.05) is 22.0 Å². The average molecular weight is 459 g/mol. The Kier molecular flexibility index (Phi) is 6.84. The van der Waals surface area contributed by atoms with Crippen LogP contribution in [-0.2, 0) is 13.1 Å². The van der Waals surface area contributed by atoms with E-state index in [0.29, 0.717) is 6.54 Å². The number of hydrogen-bond acceptors (Lipinski definition) is 3. The predicted octanol–water partition coefficient (Wildman–Crippen LogP) is 5.58. The fraction of sp³-hybridized carbons (Fsp3) is 0.118. The van der Waals surface area contributed by atoms with Crippen LogP contribution in [0.1, 0.15) is 11.3 Å². The van der Waals surface area contributed by atoms with E-state index < -0.39 is 0 Å². The van der Waals surface area contributed by atoms with Crippen molar-refractivity contribution in [3.8, 4) is 11.3 Å². The first kappa shape index (κ1) is 18.2. The lowest BCUT2D eigenvalue weighted by Gasteiger charge is -2.03. The van der Waals surface area contributed by atoms with Crippen molar-refractivity contribution in [3.05, 3.63) is 75.1 Å². The van der Waals surface area contributed by atoms with Crippen LogP contribution in [0.2, 0.25) is 0 Å². The molecule has 3 nitrogen and oxygen atoms in total. The number of pyridine rings is 1. The third kappa shape index (κ3) is 4.91. The molecule has 0 atom stereocenters. The van der Waals surface area contributed by atoms with E-state index in [4.69, 9.17) is 4.42 Å². The molecule has 0 saturated carbocycles. The Morgan fingerprint density at radius 1 is 1.04 bits per heavy atom. The van der Waals surface area contributed by atoms with E-state index >= 15 is 0 Å². The lowest BCUT2D eigenvalue weighted by molar-refractivity contribution is 0.493. The van der Waals surface area contributed by atoms with E-state index in [1.54, 1.807) is 6.20 Å². The summed E-state index contributed by atoms with van der Waals surface area (Å²) >= 11 is 7.02. The first-order valence-corrected chi connectivity index (χ1v) is 8.45. The second kappa shape index (κ2) is 8.64. The summed E-state index contributed by atoms with van der Waals surface area (Å²) < 4.78 is 7.95. The van der Waals surface area contributed by atoms with Gasteiger partial charge >= 0.3 is 0 Å². The summed E-state index contributed by atoms with van der Waals surface area (Å²) in [5.74, 6) is 1.77. The van der Waals surface area contributed by atoms with Gasteiger partial charge in [-0.15, -0.1) is 12.4 Å². The molecule has 6 heteroatoms. The van der Waals surface area contributed by atoms with Gasteiger partial charge in [-0.3, -0.25) is 4.98 Å². The second-order valence-electron chi connectivity index (χ2n) is 4.85. The molecule has 0 aliphatic carbocycles. The van der Waals surface area contributed by atoms with E-state index in [2.05, 4.69) is 42.2 Å². The van der Waals surface area contributed by atoms with E-state index in [1.165, 1.54) is 0 Å². The number of rotatable bonds is 5. The Balaban J connectivity index is 0.00000192. The van der Waals surface area contributed by atoms with Gasteiger partial charge < -0.3 is 9.73 Å². The molecule has 3 aromatic rings. The average Bonchev–Trinajstić information content (AvgIpc) is 2.97. The molecule has 0 fully saturated rings. The van der Waals surface area contributed by atoms with Gasteiger partial charge in [0.25, 0.3) is 0 Å². The third-order valence-electron chi connectivity index (χ3n) is 3.21. The van der Waals surface area contributed by atoms with Gasteiger partial charge in [0.05, 0.1) is 6.54 Å². The maximum atomic E-state index is 5.90. The Morgan fingerprint density at radius 3 is 2.65 bits per heavy atom. The molecule has 0 aliphatic heterocycles. The minimum absolute atomic E-state index is 0. The van der Waals surface area contributed by atoms with Gasteiger partial charge in [-0.25, -0.2) is 0 Å². The summed E-state index contributed by atoms with van der Waals surface area (Å²) in [5, 5.41) is 3.35. The maximum Gasteiger partial charge on any atom is 0.135 e. The first-order chi connectivity index (χ1) is 10.7. The lowest BCUT2D eigenvalue weighted by atomic mass is 10.2. The number of nitrogens with zero attached hydrogens (tertiary/aromatic N) is 1. The van der Waals surface area contributed by atoms with E-state index in [9.17, 15) is 0 Å². The van der Waals surface area contributed by atoms with Crippen LogP contribution < -0.4 is 5.32 Å². The zero-order valence-electron chi connectivity index (χ0n) is 12.1. The highest BCUT2D eigenvalue weighted by Gasteiger charge is 2.08. The third-order valence-corrected chi connectivity index (χ3v) is 4.36. The van der Waals surface area contributed by atoms with E-state index in [-0.39, 0.29) is 12.4 Å². The summed E-state index contributed by atoms with van der Waals surface area (Å²) in [6.07, 6.45) is 3.64. The van der Waals surface area contributed by atoms with Crippen molar-refractivity contribution in [1.29, 1.82) is 0 Å². The molecule has 0 saturated heterocycles. The van der Waals surface area contributed by atoms with Crippen molar-refractivity contribution < 1.29 is 4.42 Å². The van der Waals surface area contributed by atoms with Crippen molar-refractivity contribution in [2.45, 2.75) is 13.1 Å². The zero-order chi connectivity index (χ0) is 15.4. The maximum absolute atomic E-state index is 5.90. The van der Waals surface area contributed by atoms with Gasteiger partial charge in [0.1, 0.15) is 11.5 Å². The van der Waals surface area contributed by atoms with Gasteiger partial charge in [-0.05, 0) is 57.9 Å².